The molecule has 12 nitrogen and oxygen atoms in total. The minimum Gasteiger partial charge on any atom is -0.461 e. The van der Waals surface area contributed by atoms with Crippen LogP contribution in [0.5, 0.6) is 0 Å². The van der Waals surface area contributed by atoms with Crippen LogP contribution in [-0.4, -0.2) is 147 Å². The van der Waals surface area contributed by atoms with Crippen molar-refractivity contribution in [1.82, 2.24) is 4.90 Å². The molecule has 0 heterocycles. The minimum atomic E-state index is -2.49. The summed E-state index contributed by atoms with van der Waals surface area (Å²) in [4.78, 5) is 24.1. The number of hydrogen-bond donors (Lipinski definition) is 0. The van der Waals surface area contributed by atoms with Crippen molar-refractivity contribution in [3.05, 3.63) is 24.3 Å². The van der Waals surface area contributed by atoms with Crippen LogP contribution >= 0.6 is 46.6 Å². The number of nitrogens with zero attached hydrogens (tertiary/aromatic N) is 2. The lowest BCUT2D eigenvalue weighted by Gasteiger charge is -2.31. The lowest BCUT2D eigenvalue weighted by molar-refractivity contribution is -0.890. The Labute approximate surface area is 300 Å². The highest BCUT2D eigenvalue weighted by molar-refractivity contribution is 14.1. The molecular weight excluding hydrogens is 834 g/mol. The Morgan fingerprint density at radius 3 is 1.39 bits per heavy atom. The van der Waals surface area contributed by atoms with Gasteiger partial charge in [-0.15, -0.1) is 24.0 Å². The van der Waals surface area contributed by atoms with Crippen molar-refractivity contribution in [2.24, 2.45) is 0 Å². The number of carbonyl (C=O) groups is 2. The SMILES string of the molecule is C=C(C)C(=O)OCCN(C)C.C=C(C)C(=O)OCC[N+](C)(C)CCC[Si](OC)(OC)OC.CO[Si](CCCI)(OC)OC.I. The molecule has 0 aliphatic heterocycles. The summed E-state index contributed by atoms with van der Waals surface area (Å²) in [7, 11) is 13.1. The van der Waals surface area contributed by atoms with Gasteiger partial charge in [-0.25, -0.2) is 9.59 Å². The summed E-state index contributed by atoms with van der Waals surface area (Å²) in [5.41, 5.74) is 0.875. The summed E-state index contributed by atoms with van der Waals surface area (Å²) in [5.74, 6) is -0.647. The second-order valence-electron chi connectivity index (χ2n) is 10.5. The molecule has 264 valence electrons. The Bertz CT molecular complexity index is 769. The van der Waals surface area contributed by atoms with Gasteiger partial charge in [0.2, 0.25) is 0 Å². The molecule has 44 heavy (non-hydrogen) atoms. The molecule has 0 saturated carbocycles. The quantitative estimate of drug-likeness (QED) is 0.0408. The summed E-state index contributed by atoms with van der Waals surface area (Å²) in [5, 5.41) is 0. The summed E-state index contributed by atoms with van der Waals surface area (Å²) >= 11 is 2.33. The van der Waals surface area contributed by atoms with Gasteiger partial charge in [-0.2, -0.15) is 0 Å². The molecule has 0 aromatic heterocycles. The van der Waals surface area contributed by atoms with Crippen LogP contribution in [0.2, 0.25) is 12.1 Å². The third kappa shape index (κ3) is 26.1. The fourth-order valence-electron chi connectivity index (χ4n) is 3.18. The first-order chi connectivity index (χ1) is 20.0. The van der Waals surface area contributed by atoms with E-state index in [9.17, 15) is 9.59 Å². The number of carbonyl (C=O) groups excluding carboxylic acids is 2. The van der Waals surface area contributed by atoms with Crippen LogP contribution < -0.4 is 0 Å². The number of ether oxygens (including phenoxy) is 2. The summed E-state index contributed by atoms with van der Waals surface area (Å²) in [6.07, 6.45) is 2.01. The number of esters is 2. The number of quaternary nitrogens is 1. The maximum atomic E-state index is 11.3. The van der Waals surface area contributed by atoms with E-state index in [4.69, 9.17) is 36.0 Å². The van der Waals surface area contributed by atoms with E-state index >= 15 is 0 Å². The molecule has 0 radical (unpaired) electrons. The second-order valence-corrected chi connectivity index (χ2v) is 17.8. The minimum absolute atomic E-state index is 0. The maximum absolute atomic E-state index is 11.3. The van der Waals surface area contributed by atoms with Crippen molar-refractivity contribution >= 4 is 76.1 Å². The van der Waals surface area contributed by atoms with Gasteiger partial charge in [-0.1, -0.05) is 35.7 Å². The first kappa shape index (κ1) is 50.8. The molecule has 0 N–H and O–H groups in total. The Morgan fingerprint density at radius 1 is 0.705 bits per heavy atom. The first-order valence-corrected chi connectivity index (χ1v) is 19.4. The average Bonchev–Trinajstić information content (AvgIpc) is 2.96. The Balaban J connectivity index is -0.000000295. The molecule has 0 spiro atoms. The zero-order valence-corrected chi connectivity index (χ0v) is 35.7. The number of likely N-dealkylation sites (N-methyl/N-ethyl adjacent to an activating group) is 2. The van der Waals surface area contributed by atoms with Gasteiger partial charge in [0.25, 0.3) is 0 Å². The van der Waals surface area contributed by atoms with E-state index in [1.807, 2.05) is 19.0 Å². The molecule has 0 fully saturated rings. The van der Waals surface area contributed by atoms with Gasteiger partial charge >= 0.3 is 29.5 Å². The summed E-state index contributed by atoms with van der Waals surface area (Å²) in [6, 6.07) is 1.67. The van der Waals surface area contributed by atoms with Gasteiger partial charge < -0.3 is 45.4 Å². The van der Waals surface area contributed by atoms with Crippen molar-refractivity contribution in [2.45, 2.75) is 38.8 Å². The fraction of sp³-hybridized carbons (Fsp3) is 0.786. The normalized spacial score (nSPS) is 11.3. The van der Waals surface area contributed by atoms with E-state index in [1.54, 1.807) is 56.5 Å². The van der Waals surface area contributed by atoms with E-state index < -0.39 is 17.6 Å². The van der Waals surface area contributed by atoms with Gasteiger partial charge in [0.05, 0.1) is 20.6 Å². The molecule has 16 heteroatoms. The predicted octanol–water partition coefficient (Wildman–Crippen LogP) is 4.43. The van der Waals surface area contributed by atoms with E-state index in [-0.39, 0.29) is 35.9 Å². The highest BCUT2D eigenvalue weighted by Gasteiger charge is 2.38. The number of hydrogen-bond acceptors (Lipinski definition) is 11. The lowest BCUT2D eigenvalue weighted by atomic mass is 10.3. The van der Waals surface area contributed by atoms with Crippen LogP contribution in [-0.2, 0) is 45.6 Å². The van der Waals surface area contributed by atoms with Crippen LogP contribution in [0, 0.1) is 0 Å². The van der Waals surface area contributed by atoms with Crippen molar-refractivity contribution in [2.75, 3.05) is 108 Å². The molecule has 0 rings (SSSR count). The average molecular weight is 896 g/mol. The second kappa shape index (κ2) is 29.2. The molecule has 0 amide bonds. The Kier molecular flexibility index (Phi) is 33.7. The smallest absolute Gasteiger partial charge is 0.461 e. The van der Waals surface area contributed by atoms with Crippen LogP contribution in [0.15, 0.2) is 24.3 Å². The topological polar surface area (TPSA) is 111 Å². The van der Waals surface area contributed by atoms with Gasteiger partial charge in [0.15, 0.2) is 0 Å². The number of alkyl halides is 1. The standard InChI is InChI=1S/C14H30NO5Si.C8H15NO2.C6H15IO3Si.HI/c1-13(2)14(16)20-11-10-15(3,4)9-8-12-21(17-5,18-6)19-7;1-7(2)8(10)11-6-5-9(3)4;1-8-11(9-2,10-3)6-4-5-7;/h1,8-12H2,2-7H3;1,5-6H2,2-4H3;4-6H2,1-3H3;1H/q+1;;;. The molecule has 0 saturated heterocycles. The van der Waals surface area contributed by atoms with Crippen molar-refractivity contribution in [1.29, 1.82) is 0 Å². The van der Waals surface area contributed by atoms with E-state index in [0.29, 0.717) is 24.4 Å². The van der Waals surface area contributed by atoms with E-state index in [1.165, 1.54) is 0 Å². The monoisotopic (exact) mass is 895 g/mol. The van der Waals surface area contributed by atoms with E-state index in [2.05, 4.69) is 49.8 Å². The van der Waals surface area contributed by atoms with Gasteiger partial charge in [-0.3, -0.25) is 0 Å². The molecule has 0 bridgehead atoms. The zero-order valence-electron chi connectivity index (χ0n) is 29.2. The molecule has 0 aliphatic carbocycles. The van der Waals surface area contributed by atoms with Gasteiger partial charge in [-0.05, 0) is 38.8 Å². The van der Waals surface area contributed by atoms with E-state index in [0.717, 1.165) is 53.5 Å². The number of halogens is 2. The Morgan fingerprint density at radius 2 is 1.07 bits per heavy atom. The molecule has 0 atom stereocenters. The van der Waals surface area contributed by atoms with Crippen molar-refractivity contribution in [3.63, 3.8) is 0 Å². The highest BCUT2D eigenvalue weighted by atomic mass is 127. The molecule has 0 aromatic rings. The largest absolute Gasteiger partial charge is 0.500 e. The third-order valence-electron chi connectivity index (χ3n) is 6.13. The molecular formula is C28H61I2N2O10Si2+. The van der Waals surface area contributed by atoms with Crippen LogP contribution in [0.3, 0.4) is 0 Å². The number of rotatable bonds is 21. The molecule has 0 unspecified atom stereocenters. The lowest BCUT2D eigenvalue weighted by Crippen LogP contribution is -2.46. The summed E-state index contributed by atoms with van der Waals surface area (Å²) < 4.78 is 43.7. The van der Waals surface area contributed by atoms with Crippen LogP contribution in [0.4, 0.5) is 0 Å². The molecule has 0 aliphatic rings. The molecule has 0 aromatic carbocycles. The van der Waals surface area contributed by atoms with Crippen LogP contribution in [0.1, 0.15) is 26.7 Å². The van der Waals surface area contributed by atoms with Gasteiger partial charge in [0.1, 0.15) is 19.8 Å². The van der Waals surface area contributed by atoms with Gasteiger partial charge in [0, 0.05) is 78.9 Å². The first-order valence-electron chi connectivity index (χ1n) is 14.0. The fourth-order valence-corrected chi connectivity index (χ4v) is 7.71. The van der Waals surface area contributed by atoms with Crippen molar-refractivity contribution < 1.29 is 50.1 Å². The van der Waals surface area contributed by atoms with Crippen molar-refractivity contribution in [3.8, 4) is 0 Å². The zero-order chi connectivity index (χ0) is 34.1. The maximum Gasteiger partial charge on any atom is 0.500 e. The summed E-state index contributed by atoms with van der Waals surface area (Å²) in [6.45, 7) is 13.5. The highest BCUT2D eigenvalue weighted by Crippen LogP contribution is 2.17. The predicted molar refractivity (Wildman–Crippen MR) is 199 cm³/mol. The van der Waals surface area contributed by atoms with Crippen LogP contribution in [0.25, 0.3) is 0 Å². The Hall–Kier alpha value is -0.00623. The third-order valence-corrected chi connectivity index (χ3v) is 12.6.